The van der Waals surface area contributed by atoms with E-state index < -0.39 is 0 Å². The van der Waals surface area contributed by atoms with Crippen molar-refractivity contribution in [3.8, 4) is 11.3 Å². The second kappa shape index (κ2) is 4.65. The summed E-state index contributed by atoms with van der Waals surface area (Å²) in [6.45, 7) is 0. The smallest absolute Gasteiger partial charge is 0.337 e. The van der Waals surface area contributed by atoms with Crippen LogP contribution in [-0.2, 0) is 4.74 Å². The third-order valence-corrected chi connectivity index (χ3v) is 2.42. The maximum Gasteiger partial charge on any atom is 0.337 e. The molecule has 0 aliphatic carbocycles. The van der Waals surface area contributed by atoms with Crippen molar-refractivity contribution < 1.29 is 9.53 Å². The second-order valence-electron chi connectivity index (χ2n) is 3.51. The van der Waals surface area contributed by atoms with Gasteiger partial charge in [-0.05, 0) is 24.3 Å². The van der Waals surface area contributed by atoms with Gasteiger partial charge in [-0.25, -0.2) is 4.79 Å². The molecule has 4 nitrogen and oxygen atoms in total. The number of hydrogen-bond acceptors (Lipinski definition) is 4. The Labute approximate surface area is 99.1 Å². The van der Waals surface area contributed by atoms with Gasteiger partial charge in [0.15, 0.2) is 0 Å². The highest BCUT2D eigenvalue weighted by atomic mass is 16.5. The van der Waals surface area contributed by atoms with Crippen LogP contribution in [-0.4, -0.2) is 18.1 Å². The van der Waals surface area contributed by atoms with Crippen LogP contribution < -0.4 is 5.73 Å². The lowest BCUT2D eigenvalue weighted by Gasteiger charge is -2.05. The van der Waals surface area contributed by atoms with E-state index in [1.165, 1.54) is 7.11 Å². The number of nitrogen functional groups attached to an aromatic ring is 1. The number of rotatable bonds is 2. The maximum atomic E-state index is 11.3. The molecule has 0 saturated carbocycles. The quantitative estimate of drug-likeness (QED) is 0.799. The molecule has 86 valence electrons. The lowest BCUT2D eigenvalue weighted by Crippen LogP contribution is -2.00. The molecule has 0 atom stereocenters. The largest absolute Gasteiger partial charge is 0.465 e. The Bertz CT molecular complexity index is 535. The molecule has 0 fully saturated rings. The van der Waals surface area contributed by atoms with E-state index in [-0.39, 0.29) is 5.97 Å². The summed E-state index contributed by atoms with van der Waals surface area (Å²) >= 11 is 0. The molecular formula is C13H12N2O2. The Morgan fingerprint density at radius 3 is 2.53 bits per heavy atom. The van der Waals surface area contributed by atoms with Gasteiger partial charge < -0.3 is 10.5 Å². The van der Waals surface area contributed by atoms with Crippen molar-refractivity contribution in [3.05, 3.63) is 48.2 Å². The van der Waals surface area contributed by atoms with Crippen LogP contribution in [0, 0.1) is 0 Å². The third kappa shape index (κ3) is 2.25. The van der Waals surface area contributed by atoms with E-state index in [9.17, 15) is 4.79 Å². The van der Waals surface area contributed by atoms with Gasteiger partial charge in [0, 0.05) is 11.8 Å². The fraction of sp³-hybridized carbons (Fsp3) is 0.0769. The number of carbonyl (C=O) groups excluding carboxylic acids is 1. The summed E-state index contributed by atoms with van der Waals surface area (Å²) in [4.78, 5) is 15.5. The van der Waals surface area contributed by atoms with Crippen LogP contribution in [0.4, 0.5) is 5.69 Å². The molecular weight excluding hydrogens is 216 g/mol. The first-order valence-electron chi connectivity index (χ1n) is 5.11. The number of nitrogens with zero attached hydrogens (tertiary/aromatic N) is 1. The number of hydrogen-bond donors (Lipinski definition) is 1. The summed E-state index contributed by atoms with van der Waals surface area (Å²) in [6.07, 6.45) is 1.68. The Morgan fingerprint density at radius 1 is 1.24 bits per heavy atom. The molecule has 1 aromatic carbocycles. The predicted molar refractivity (Wildman–Crippen MR) is 65.4 cm³/mol. The summed E-state index contributed by atoms with van der Waals surface area (Å²) in [5.74, 6) is -0.356. The SMILES string of the molecule is COC(=O)c1ccc(-c2ncccc2N)cc1. The van der Waals surface area contributed by atoms with E-state index in [0.29, 0.717) is 16.9 Å². The van der Waals surface area contributed by atoms with Crippen molar-refractivity contribution in [3.63, 3.8) is 0 Å². The Hall–Kier alpha value is -2.36. The zero-order valence-electron chi connectivity index (χ0n) is 9.38. The van der Waals surface area contributed by atoms with E-state index in [1.807, 2.05) is 0 Å². The monoisotopic (exact) mass is 228 g/mol. The van der Waals surface area contributed by atoms with Crippen molar-refractivity contribution in [2.24, 2.45) is 0 Å². The van der Waals surface area contributed by atoms with Crippen LogP contribution in [0.3, 0.4) is 0 Å². The number of esters is 1. The first-order valence-corrected chi connectivity index (χ1v) is 5.11. The van der Waals surface area contributed by atoms with Crippen molar-refractivity contribution >= 4 is 11.7 Å². The van der Waals surface area contributed by atoms with Gasteiger partial charge in [-0.3, -0.25) is 4.98 Å². The second-order valence-corrected chi connectivity index (χ2v) is 3.51. The number of nitrogens with two attached hydrogens (primary N) is 1. The van der Waals surface area contributed by atoms with Crippen LogP contribution in [0.25, 0.3) is 11.3 Å². The number of carbonyl (C=O) groups is 1. The molecule has 0 spiro atoms. The molecule has 17 heavy (non-hydrogen) atoms. The van der Waals surface area contributed by atoms with Crippen LogP contribution in [0.15, 0.2) is 42.6 Å². The first kappa shape index (κ1) is 11.1. The molecule has 1 aromatic heterocycles. The van der Waals surface area contributed by atoms with Gasteiger partial charge in [0.2, 0.25) is 0 Å². The number of pyridine rings is 1. The fourth-order valence-electron chi connectivity index (χ4n) is 1.54. The number of methoxy groups -OCH3 is 1. The summed E-state index contributed by atoms with van der Waals surface area (Å²) in [6, 6.07) is 10.5. The molecule has 2 aromatic rings. The minimum Gasteiger partial charge on any atom is -0.465 e. The lowest BCUT2D eigenvalue weighted by atomic mass is 10.1. The van der Waals surface area contributed by atoms with Crippen LogP contribution in [0.2, 0.25) is 0 Å². The highest BCUT2D eigenvalue weighted by molar-refractivity contribution is 5.90. The summed E-state index contributed by atoms with van der Waals surface area (Å²) in [7, 11) is 1.35. The highest BCUT2D eigenvalue weighted by Crippen LogP contribution is 2.23. The van der Waals surface area contributed by atoms with E-state index >= 15 is 0 Å². The molecule has 2 N–H and O–H groups in total. The van der Waals surface area contributed by atoms with Gasteiger partial charge in [0.05, 0.1) is 24.1 Å². The van der Waals surface area contributed by atoms with E-state index in [4.69, 9.17) is 5.73 Å². The normalized spacial score (nSPS) is 9.94. The Kier molecular flexibility index (Phi) is 3.05. The van der Waals surface area contributed by atoms with Gasteiger partial charge in [-0.2, -0.15) is 0 Å². The third-order valence-electron chi connectivity index (χ3n) is 2.42. The van der Waals surface area contributed by atoms with Crippen molar-refractivity contribution in [2.75, 3.05) is 12.8 Å². The number of aromatic nitrogens is 1. The average molecular weight is 228 g/mol. The molecule has 0 radical (unpaired) electrons. The Morgan fingerprint density at radius 2 is 1.94 bits per heavy atom. The molecule has 0 saturated heterocycles. The zero-order valence-corrected chi connectivity index (χ0v) is 9.38. The summed E-state index contributed by atoms with van der Waals surface area (Å²) in [5.41, 5.74) is 8.52. The van der Waals surface area contributed by atoms with Gasteiger partial charge in [-0.15, -0.1) is 0 Å². The molecule has 0 aliphatic rings. The molecule has 0 bridgehead atoms. The predicted octanol–water partition coefficient (Wildman–Crippen LogP) is 2.12. The van der Waals surface area contributed by atoms with Gasteiger partial charge in [-0.1, -0.05) is 12.1 Å². The minimum absolute atomic E-state index is 0.356. The highest BCUT2D eigenvalue weighted by Gasteiger charge is 2.07. The van der Waals surface area contributed by atoms with Crippen molar-refractivity contribution in [1.82, 2.24) is 4.98 Å². The maximum absolute atomic E-state index is 11.3. The number of ether oxygens (including phenoxy) is 1. The van der Waals surface area contributed by atoms with Crippen molar-refractivity contribution in [1.29, 1.82) is 0 Å². The first-order chi connectivity index (χ1) is 8.22. The Balaban J connectivity index is 2.36. The number of benzene rings is 1. The zero-order chi connectivity index (χ0) is 12.3. The van der Waals surface area contributed by atoms with Crippen molar-refractivity contribution in [2.45, 2.75) is 0 Å². The van der Waals surface area contributed by atoms with E-state index in [0.717, 1.165) is 5.56 Å². The molecule has 0 unspecified atom stereocenters. The standard InChI is InChI=1S/C13H12N2O2/c1-17-13(16)10-6-4-9(5-7-10)12-11(14)3-2-8-15-12/h2-8H,14H2,1H3. The topological polar surface area (TPSA) is 65.2 Å². The molecule has 4 heteroatoms. The molecule has 1 heterocycles. The van der Waals surface area contributed by atoms with Gasteiger partial charge >= 0.3 is 5.97 Å². The summed E-state index contributed by atoms with van der Waals surface area (Å²) in [5, 5.41) is 0. The van der Waals surface area contributed by atoms with Crippen LogP contribution in [0.1, 0.15) is 10.4 Å². The molecule has 0 amide bonds. The fourth-order valence-corrected chi connectivity index (χ4v) is 1.54. The minimum atomic E-state index is -0.356. The van der Waals surface area contributed by atoms with E-state index in [2.05, 4.69) is 9.72 Å². The van der Waals surface area contributed by atoms with Gasteiger partial charge in [0.25, 0.3) is 0 Å². The molecule has 0 aliphatic heterocycles. The van der Waals surface area contributed by atoms with E-state index in [1.54, 1.807) is 42.6 Å². The summed E-state index contributed by atoms with van der Waals surface area (Å²) < 4.78 is 4.63. The lowest BCUT2D eigenvalue weighted by molar-refractivity contribution is 0.0601. The average Bonchev–Trinajstić information content (AvgIpc) is 2.39. The van der Waals surface area contributed by atoms with Crippen LogP contribution in [0.5, 0.6) is 0 Å². The van der Waals surface area contributed by atoms with Gasteiger partial charge in [0.1, 0.15) is 0 Å². The number of anilines is 1. The molecule has 2 rings (SSSR count). The van der Waals surface area contributed by atoms with Crippen LogP contribution >= 0.6 is 0 Å².